The Bertz CT molecular complexity index is 1310. The zero-order valence-electron chi connectivity index (χ0n) is 20.9. The smallest absolute Gasteiger partial charge is 0.341 e. The maximum absolute atomic E-state index is 13.6. The second kappa shape index (κ2) is 11.3. The number of carbonyl (C=O) groups is 1. The second-order valence-corrected chi connectivity index (χ2v) is 8.24. The van der Waals surface area contributed by atoms with Crippen molar-refractivity contribution in [1.29, 1.82) is 0 Å². The third-order valence-electron chi connectivity index (χ3n) is 5.37. The molecule has 0 saturated carbocycles. The number of aliphatic imine (C=N–C) groups is 1. The number of hydrogen-bond acceptors (Lipinski definition) is 5. The molecule has 7 nitrogen and oxygen atoms in total. The molecule has 1 heterocycles. The summed E-state index contributed by atoms with van der Waals surface area (Å²) >= 11 is 0. The molecule has 3 rings (SSSR count). The van der Waals surface area contributed by atoms with Crippen LogP contribution in [0.3, 0.4) is 0 Å². The minimum Gasteiger partial charge on any atom is -0.489 e. The lowest BCUT2D eigenvalue weighted by Gasteiger charge is -2.21. The van der Waals surface area contributed by atoms with Crippen molar-refractivity contribution in [1.82, 2.24) is 9.47 Å². The van der Waals surface area contributed by atoms with Crippen molar-refractivity contribution in [3.05, 3.63) is 93.3 Å². The maximum Gasteiger partial charge on any atom is 0.341 e. The third kappa shape index (κ3) is 5.69. The SMILES string of the molecule is C=Cc1cc(C(=O)OCC)c(N=CN(C)C)n(-c2c(C)ccc(OCc3ccccc3)c2C)c1=O. The number of rotatable bonds is 9. The molecule has 0 aliphatic heterocycles. The molecule has 7 heteroatoms. The van der Waals surface area contributed by atoms with E-state index < -0.39 is 5.97 Å². The Morgan fingerprint density at radius 2 is 1.86 bits per heavy atom. The third-order valence-corrected chi connectivity index (χ3v) is 5.37. The molecule has 0 unspecified atom stereocenters. The van der Waals surface area contributed by atoms with Gasteiger partial charge in [-0.3, -0.25) is 9.36 Å². The standard InChI is InChI=1S/C28H31N3O4/c1-7-22-16-23(28(33)34-8-2)26(29-18-30(5)6)31(27(22)32)25-19(3)14-15-24(20(25)4)35-17-21-12-10-9-11-13-21/h7,9-16,18H,1,8,17H2,2-6H3. The van der Waals surface area contributed by atoms with Crippen molar-refractivity contribution in [2.45, 2.75) is 27.4 Å². The van der Waals surface area contributed by atoms with Gasteiger partial charge in [-0.05, 0) is 44.0 Å². The highest BCUT2D eigenvalue weighted by molar-refractivity contribution is 5.95. The van der Waals surface area contributed by atoms with Crippen LogP contribution in [0.4, 0.5) is 5.82 Å². The molecule has 3 aromatic rings. The molecule has 0 atom stereocenters. The van der Waals surface area contributed by atoms with E-state index in [0.717, 1.165) is 16.7 Å². The summed E-state index contributed by atoms with van der Waals surface area (Å²) in [5.74, 6) is 0.242. The number of benzene rings is 2. The first-order valence-electron chi connectivity index (χ1n) is 11.4. The summed E-state index contributed by atoms with van der Waals surface area (Å²) in [4.78, 5) is 32.7. The molecular formula is C28H31N3O4. The van der Waals surface area contributed by atoms with Gasteiger partial charge in [0.1, 0.15) is 17.9 Å². The van der Waals surface area contributed by atoms with E-state index in [2.05, 4.69) is 11.6 Å². The van der Waals surface area contributed by atoms with Gasteiger partial charge in [-0.1, -0.05) is 49.1 Å². The van der Waals surface area contributed by atoms with Crippen LogP contribution in [0.5, 0.6) is 5.75 Å². The molecule has 0 amide bonds. The molecule has 35 heavy (non-hydrogen) atoms. The minimum atomic E-state index is -0.568. The fourth-order valence-corrected chi connectivity index (χ4v) is 3.69. The molecule has 0 fully saturated rings. The van der Waals surface area contributed by atoms with Crippen molar-refractivity contribution in [3.8, 4) is 11.4 Å². The van der Waals surface area contributed by atoms with E-state index in [0.29, 0.717) is 18.0 Å². The normalized spacial score (nSPS) is 10.9. The van der Waals surface area contributed by atoms with E-state index in [4.69, 9.17) is 9.47 Å². The van der Waals surface area contributed by atoms with Gasteiger partial charge in [0.15, 0.2) is 5.82 Å². The predicted molar refractivity (Wildman–Crippen MR) is 140 cm³/mol. The summed E-state index contributed by atoms with van der Waals surface area (Å²) in [6, 6.07) is 15.1. The number of hydrogen-bond donors (Lipinski definition) is 0. The highest BCUT2D eigenvalue weighted by Crippen LogP contribution is 2.32. The average molecular weight is 474 g/mol. The molecule has 0 aliphatic rings. The zero-order valence-corrected chi connectivity index (χ0v) is 20.9. The van der Waals surface area contributed by atoms with Gasteiger partial charge in [0.05, 0.1) is 18.6 Å². The summed E-state index contributed by atoms with van der Waals surface area (Å²) in [6.45, 7) is 9.86. The van der Waals surface area contributed by atoms with Crippen molar-refractivity contribution in [2.75, 3.05) is 20.7 Å². The van der Waals surface area contributed by atoms with E-state index in [1.165, 1.54) is 16.7 Å². The highest BCUT2D eigenvalue weighted by Gasteiger charge is 2.23. The first-order valence-corrected chi connectivity index (χ1v) is 11.4. The molecule has 2 aromatic carbocycles. The van der Waals surface area contributed by atoms with Crippen LogP contribution in [0, 0.1) is 13.8 Å². The Labute approximate surface area is 206 Å². The van der Waals surface area contributed by atoms with Crippen LogP contribution in [0.15, 0.2) is 64.9 Å². The predicted octanol–water partition coefficient (Wildman–Crippen LogP) is 5.07. The van der Waals surface area contributed by atoms with E-state index in [1.807, 2.05) is 70.4 Å². The van der Waals surface area contributed by atoms with Crippen LogP contribution in [0.1, 0.15) is 39.5 Å². The number of aromatic nitrogens is 1. The number of carbonyl (C=O) groups excluding carboxylic acids is 1. The van der Waals surface area contributed by atoms with Gasteiger partial charge in [-0.2, -0.15) is 0 Å². The van der Waals surface area contributed by atoms with E-state index in [-0.39, 0.29) is 29.1 Å². The lowest BCUT2D eigenvalue weighted by atomic mass is 10.1. The molecule has 0 bridgehead atoms. The van der Waals surface area contributed by atoms with E-state index >= 15 is 0 Å². The molecule has 1 aromatic heterocycles. The lowest BCUT2D eigenvalue weighted by molar-refractivity contribution is 0.0526. The van der Waals surface area contributed by atoms with Gasteiger partial charge in [-0.25, -0.2) is 9.79 Å². The Morgan fingerprint density at radius 3 is 2.49 bits per heavy atom. The molecule has 0 spiro atoms. The van der Waals surface area contributed by atoms with E-state index in [9.17, 15) is 9.59 Å². The lowest BCUT2D eigenvalue weighted by Crippen LogP contribution is -2.25. The summed E-state index contributed by atoms with van der Waals surface area (Å²) < 4.78 is 12.8. The highest BCUT2D eigenvalue weighted by atomic mass is 16.5. The zero-order chi connectivity index (χ0) is 25.5. The average Bonchev–Trinajstić information content (AvgIpc) is 2.84. The number of aryl methyl sites for hydroxylation is 1. The van der Waals surface area contributed by atoms with Gasteiger partial charge in [0.2, 0.25) is 0 Å². The van der Waals surface area contributed by atoms with Crippen LogP contribution in [-0.2, 0) is 11.3 Å². The van der Waals surface area contributed by atoms with Gasteiger partial charge >= 0.3 is 5.97 Å². The van der Waals surface area contributed by atoms with Crippen LogP contribution in [-0.4, -0.2) is 42.5 Å². The quantitative estimate of drug-likeness (QED) is 0.246. The summed E-state index contributed by atoms with van der Waals surface area (Å²) in [7, 11) is 3.62. The Hall–Kier alpha value is -4.13. The molecule has 0 radical (unpaired) electrons. The Morgan fingerprint density at radius 1 is 1.14 bits per heavy atom. The first-order chi connectivity index (χ1) is 16.8. The van der Waals surface area contributed by atoms with Gasteiger partial charge in [-0.15, -0.1) is 0 Å². The molecule has 182 valence electrons. The first kappa shape index (κ1) is 25.5. The largest absolute Gasteiger partial charge is 0.489 e. The van der Waals surface area contributed by atoms with Gasteiger partial charge in [0.25, 0.3) is 5.56 Å². The fourth-order valence-electron chi connectivity index (χ4n) is 3.69. The maximum atomic E-state index is 13.6. The van der Waals surface area contributed by atoms with Crippen LogP contribution >= 0.6 is 0 Å². The van der Waals surface area contributed by atoms with Crippen LogP contribution in [0.2, 0.25) is 0 Å². The second-order valence-electron chi connectivity index (χ2n) is 8.24. The summed E-state index contributed by atoms with van der Waals surface area (Å²) in [5, 5.41) is 0. The topological polar surface area (TPSA) is 73.1 Å². The Kier molecular flexibility index (Phi) is 8.25. The van der Waals surface area contributed by atoms with Crippen LogP contribution in [0.25, 0.3) is 11.8 Å². The van der Waals surface area contributed by atoms with Crippen molar-refractivity contribution in [2.24, 2.45) is 4.99 Å². The molecule has 0 saturated heterocycles. The monoisotopic (exact) mass is 473 g/mol. The molecule has 0 N–H and O–H groups in total. The minimum absolute atomic E-state index is 0.175. The molecule has 0 aliphatic carbocycles. The fraction of sp³-hybridized carbons (Fsp3) is 0.250. The number of nitrogens with zero attached hydrogens (tertiary/aromatic N) is 3. The van der Waals surface area contributed by atoms with Gasteiger partial charge in [0, 0.05) is 25.2 Å². The Balaban J connectivity index is 2.27. The van der Waals surface area contributed by atoms with Crippen molar-refractivity contribution < 1.29 is 14.3 Å². The van der Waals surface area contributed by atoms with Crippen LogP contribution < -0.4 is 10.3 Å². The van der Waals surface area contributed by atoms with E-state index in [1.54, 1.807) is 18.2 Å². The van der Waals surface area contributed by atoms with Crippen molar-refractivity contribution in [3.63, 3.8) is 0 Å². The molecular weight excluding hydrogens is 442 g/mol. The number of esters is 1. The number of ether oxygens (including phenoxy) is 2. The summed E-state index contributed by atoms with van der Waals surface area (Å²) in [6.07, 6.45) is 2.98. The van der Waals surface area contributed by atoms with Crippen molar-refractivity contribution >= 4 is 24.2 Å². The van der Waals surface area contributed by atoms with Gasteiger partial charge < -0.3 is 14.4 Å². The number of pyridine rings is 1. The summed E-state index contributed by atoms with van der Waals surface area (Å²) in [5.41, 5.74) is 3.31.